The summed E-state index contributed by atoms with van der Waals surface area (Å²) in [6.07, 6.45) is 2.92. The molecule has 0 fully saturated rings. The van der Waals surface area contributed by atoms with Crippen molar-refractivity contribution in [1.29, 1.82) is 0 Å². The van der Waals surface area contributed by atoms with E-state index < -0.39 is 17.7 Å². The SMILES string of the molecule is CC1=CC(C)CC(C(O)c2ccc(F)cc2F)C1. The van der Waals surface area contributed by atoms with Gasteiger partial charge in [0, 0.05) is 11.6 Å². The summed E-state index contributed by atoms with van der Waals surface area (Å²) in [6.45, 7) is 4.11. The molecule has 1 N–H and O–H groups in total. The van der Waals surface area contributed by atoms with Gasteiger partial charge in [0.2, 0.25) is 0 Å². The van der Waals surface area contributed by atoms with E-state index in [0.717, 1.165) is 18.9 Å². The molecule has 0 radical (unpaired) electrons. The van der Waals surface area contributed by atoms with Crippen LogP contribution in [-0.4, -0.2) is 5.11 Å². The molecular formula is C15H18F2O. The summed E-state index contributed by atoms with van der Waals surface area (Å²) < 4.78 is 26.5. The lowest BCUT2D eigenvalue weighted by Gasteiger charge is -2.29. The van der Waals surface area contributed by atoms with Crippen LogP contribution < -0.4 is 0 Å². The second-order valence-corrected chi connectivity index (χ2v) is 5.30. The topological polar surface area (TPSA) is 20.2 Å². The number of allylic oxidation sites excluding steroid dienone is 2. The number of aliphatic hydroxyl groups excluding tert-OH is 1. The van der Waals surface area contributed by atoms with Gasteiger partial charge in [-0.25, -0.2) is 8.78 Å². The maximum Gasteiger partial charge on any atom is 0.131 e. The summed E-state index contributed by atoms with van der Waals surface area (Å²) >= 11 is 0. The molecule has 3 heteroatoms. The van der Waals surface area contributed by atoms with Crippen LogP contribution in [0.5, 0.6) is 0 Å². The number of rotatable bonds is 2. The van der Waals surface area contributed by atoms with Crippen molar-refractivity contribution in [3.63, 3.8) is 0 Å². The molecule has 2 rings (SSSR count). The Morgan fingerprint density at radius 1 is 1.33 bits per heavy atom. The Kier molecular flexibility index (Phi) is 3.81. The van der Waals surface area contributed by atoms with E-state index in [4.69, 9.17) is 0 Å². The highest BCUT2D eigenvalue weighted by molar-refractivity contribution is 5.22. The summed E-state index contributed by atoms with van der Waals surface area (Å²) in [5.74, 6) is -0.884. The molecule has 0 bridgehead atoms. The van der Waals surface area contributed by atoms with Crippen LogP contribution in [0.25, 0.3) is 0 Å². The van der Waals surface area contributed by atoms with Gasteiger partial charge in [-0.3, -0.25) is 0 Å². The van der Waals surface area contributed by atoms with Crippen molar-refractivity contribution in [3.8, 4) is 0 Å². The number of halogens is 2. The quantitative estimate of drug-likeness (QED) is 0.789. The van der Waals surface area contributed by atoms with Gasteiger partial charge in [-0.05, 0) is 37.7 Å². The molecule has 0 saturated heterocycles. The molecule has 3 unspecified atom stereocenters. The Hall–Kier alpha value is -1.22. The first-order chi connectivity index (χ1) is 8.47. The lowest BCUT2D eigenvalue weighted by Crippen LogP contribution is -2.20. The molecule has 1 nitrogen and oxygen atoms in total. The minimum absolute atomic E-state index is 0.00459. The van der Waals surface area contributed by atoms with Gasteiger partial charge in [0.15, 0.2) is 0 Å². The molecule has 1 aliphatic carbocycles. The standard InChI is InChI=1S/C15H18F2O/c1-9-5-10(2)7-11(6-9)15(18)13-4-3-12(16)8-14(13)17/h3-5,8-9,11,15,18H,6-7H2,1-2H3. The van der Waals surface area contributed by atoms with Gasteiger partial charge >= 0.3 is 0 Å². The second-order valence-electron chi connectivity index (χ2n) is 5.30. The van der Waals surface area contributed by atoms with Gasteiger partial charge in [-0.1, -0.05) is 24.6 Å². The van der Waals surface area contributed by atoms with Crippen molar-refractivity contribution in [2.45, 2.75) is 32.8 Å². The molecule has 0 saturated carbocycles. The van der Waals surface area contributed by atoms with Crippen LogP contribution >= 0.6 is 0 Å². The summed E-state index contributed by atoms with van der Waals surface area (Å²) in [7, 11) is 0. The van der Waals surface area contributed by atoms with Gasteiger partial charge in [-0.2, -0.15) is 0 Å². The van der Waals surface area contributed by atoms with E-state index in [0.29, 0.717) is 5.92 Å². The fourth-order valence-corrected chi connectivity index (χ4v) is 2.83. The Bertz CT molecular complexity index is 468. The van der Waals surface area contributed by atoms with Gasteiger partial charge in [0.25, 0.3) is 0 Å². The molecule has 0 spiro atoms. The largest absolute Gasteiger partial charge is 0.388 e. The van der Waals surface area contributed by atoms with Gasteiger partial charge in [0.1, 0.15) is 11.6 Å². The second kappa shape index (κ2) is 5.19. The van der Waals surface area contributed by atoms with Gasteiger partial charge < -0.3 is 5.11 Å². The fraction of sp³-hybridized carbons (Fsp3) is 0.467. The van der Waals surface area contributed by atoms with Gasteiger partial charge in [0.05, 0.1) is 6.10 Å². The lowest BCUT2D eigenvalue weighted by molar-refractivity contribution is 0.0897. The molecule has 98 valence electrons. The first-order valence-electron chi connectivity index (χ1n) is 6.27. The fourth-order valence-electron chi connectivity index (χ4n) is 2.83. The monoisotopic (exact) mass is 252 g/mol. The van der Waals surface area contributed by atoms with Crippen molar-refractivity contribution in [3.05, 3.63) is 47.0 Å². The van der Waals surface area contributed by atoms with Crippen LogP contribution in [-0.2, 0) is 0 Å². The van der Waals surface area contributed by atoms with Crippen LogP contribution in [0.3, 0.4) is 0 Å². The third-order valence-corrected chi connectivity index (χ3v) is 3.56. The predicted octanol–water partition coefficient (Wildman–Crippen LogP) is 3.99. The summed E-state index contributed by atoms with van der Waals surface area (Å²) in [5, 5.41) is 10.3. The van der Waals surface area contributed by atoms with Crippen LogP contribution in [0.2, 0.25) is 0 Å². The molecule has 0 amide bonds. The molecule has 1 aromatic rings. The first kappa shape index (κ1) is 13.2. The Morgan fingerprint density at radius 2 is 2.06 bits per heavy atom. The van der Waals surface area contributed by atoms with Gasteiger partial charge in [-0.15, -0.1) is 0 Å². The lowest BCUT2D eigenvalue weighted by atomic mass is 9.79. The summed E-state index contributed by atoms with van der Waals surface area (Å²) in [6, 6.07) is 3.36. The molecule has 0 aliphatic heterocycles. The average molecular weight is 252 g/mol. The van der Waals surface area contributed by atoms with Crippen molar-refractivity contribution >= 4 is 0 Å². The molecule has 1 aliphatic rings. The van der Waals surface area contributed by atoms with E-state index in [2.05, 4.69) is 13.0 Å². The molecule has 0 heterocycles. The van der Waals surface area contributed by atoms with Crippen LogP contribution in [0.15, 0.2) is 29.8 Å². The highest BCUT2D eigenvalue weighted by atomic mass is 19.1. The zero-order valence-corrected chi connectivity index (χ0v) is 10.7. The summed E-state index contributed by atoms with van der Waals surface area (Å²) in [5.41, 5.74) is 1.42. The molecule has 1 aromatic carbocycles. The number of aliphatic hydroxyl groups is 1. The number of hydrogen-bond acceptors (Lipinski definition) is 1. The van der Waals surface area contributed by atoms with E-state index in [1.807, 2.05) is 6.92 Å². The third kappa shape index (κ3) is 2.78. The molecule has 18 heavy (non-hydrogen) atoms. The number of benzene rings is 1. The maximum absolute atomic E-state index is 13.6. The van der Waals surface area contributed by atoms with Crippen molar-refractivity contribution in [2.75, 3.05) is 0 Å². The normalized spacial score (nSPS) is 25.7. The minimum Gasteiger partial charge on any atom is -0.388 e. The first-order valence-corrected chi connectivity index (χ1v) is 6.27. The number of hydrogen-bond donors (Lipinski definition) is 1. The zero-order chi connectivity index (χ0) is 13.3. The van der Waals surface area contributed by atoms with E-state index in [1.165, 1.54) is 17.7 Å². The van der Waals surface area contributed by atoms with E-state index in [-0.39, 0.29) is 11.5 Å². The Balaban J connectivity index is 2.21. The molecular weight excluding hydrogens is 234 g/mol. The highest BCUT2D eigenvalue weighted by Gasteiger charge is 2.27. The Morgan fingerprint density at radius 3 is 2.67 bits per heavy atom. The predicted molar refractivity (Wildman–Crippen MR) is 67.0 cm³/mol. The van der Waals surface area contributed by atoms with Crippen LogP contribution in [0.4, 0.5) is 8.78 Å². The molecule has 0 aromatic heterocycles. The maximum atomic E-state index is 13.6. The van der Waals surface area contributed by atoms with Crippen LogP contribution in [0, 0.1) is 23.5 Å². The van der Waals surface area contributed by atoms with Crippen molar-refractivity contribution in [2.24, 2.45) is 11.8 Å². The van der Waals surface area contributed by atoms with Crippen molar-refractivity contribution < 1.29 is 13.9 Å². The van der Waals surface area contributed by atoms with E-state index in [1.54, 1.807) is 0 Å². The highest BCUT2D eigenvalue weighted by Crippen LogP contribution is 2.37. The third-order valence-electron chi connectivity index (χ3n) is 3.56. The molecule has 3 atom stereocenters. The van der Waals surface area contributed by atoms with E-state index in [9.17, 15) is 13.9 Å². The summed E-state index contributed by atoms with van der Waals surface area (Å²) in [4.78, 5) is 0. The van der Waals surface area contributed by atoms with E-state index >= 15 is 0 Å². The smallest absolute Gasteiger partial charge is 0.131 e. The van der Waals surface area contributed by atoms with Crippen molar-refractivity contribution in [1.82, 2.24) is 0 Å². The Labute approximate surface area is 106 Å². The zero-order valence-electron chi connectivity index (χ0n) is 10.7. The van der Waals surface area contributed by atoms with Crippen LogP contribution in [0.1, 0.15) is 38.4 Å². The average Bonchev–Trinajstić information content (AvgIpc) is 2.26. The minimum atomic E-state index is -0.864.